The number of carbonyl (C=O) groups is 1. The fourth-order valence-electron chi connectivity index (χ4n) is 3.96. The average Bonchev–Trinajstić information content (AvgIpc) is 3.42. The first-order chi connectivity index (χ1) is 13.5. The third-order valence-corrected chi connectivity index (χ3v) is 6.37. The van der Waals surface area contributed by atoms with Crippen molar-refractivity contribution in [1.29, 1.82) is 0 Å². The van der Waals surface area contributed by atoms with E-state index in [4.69, 9.17) is 23.2 Å². The minimum absolute atomic E-state index is 0.0360. The van der Waals surface area contributed by atoms with Gasteiger partial charge in [-0.3, -0.25) is 4.79 Å². The number of benzene rings is 1. The molecule has 150 valence electrons. The van der Waals surface area contributed by atoms with Crippen molar-refractivity contribution in [3.8, 4) is 5.69 Å². The van der Waals surface area contributed by atoms with Crippen molar-refractivity contribution in [3.63, 3.8) is 0 Å². The van der Waals surface area contributed by atoms with Crippen LogP contribution in [0.2, 0.25) is 10.0 Å². The van der Waals surface area contributed by atoms with Gasteiger partial charge in [-0.2, -0.15) is 5.10 Å². The minimum Gasteiger partial charge on any atom is -0.352 e. The van der Waals surface area contributed by atoms with Gasteiger partial charge in [0.2, 0.25) is 0 Å². The zero-order valence-corrected chi connectivity index (χ0v) is 17.6. The summed E-state index contributed by atoms with van der Waals surface area (Å²) in [6.45, 7) is 3.02. The average molecular weight is 421 g/mol. The first kappa shape index (κ1) is 19.7. The summed E-state index contributed by atoms with van der Waals surface area (Å²) in [4.78, 5) is 15.2. The standard InChI is InChI=1S/C21H26Cl2N4O/c1-26-10-7-14(8-11-26)6-9-24-21(28)17-13-25-27(20(17)15-2-3-15)19-5-4-16(22)12-18(19)23/h4-5,12-15H,2-3,6-11H2,1H3,(H,24,28). The predicted molar refractivity (Wildman–Crippen MR) is 113 cm³/mol. The van der Waals surface area contributed by atoms with Gasteiger partial charge in [0.1, 0.15) is 0 Å². The molecule has 2 heterocycles. The molecule has 2 aromatic rings. The fourth-order valence-corrected chi connectivity index (χ4v) is 4.45. The Morgan fingerprint density at radius 1 is 1.21 bits per heavy atom. The Morgan fingerprint density at radius 3 is 2.64 bits per heavy atom. The van der Waals surface area contributed by atoms with E-state index in [1.165, 1.54) is 12.8 Å². The van der Waals surface area contributed by atoms with Gasteiger partial charge >= 0.3 is 0 Å². The quantitative estimate of drug-likeness (QED) is 0.746. The summed E-state index contributed by atoms with van der Waals surface area (Å²) < 4.78 is 1.81. The molecule has 2 fully saturated rings. The van der Waals surface area contributed by atoms with Crippen LogP contribution in [0.1, 0.15) is 54.1 Å². The van der Waals surface area contributed by atoms with Gasteiger partial charge in [-0.1, -0.05) is 23.2 Å². The van der Waals surface area contributed by atoms with Crippen LogP contribution < -0.4 is 5.32 Å². The van der Waals surface area contributed by atoms with Crippen LogP contribution in [0.5, 0.6) is 0 Å². The van der Waals surface area contributed by atoms with Gasteiger partial charge in [-0.15, -0.1) is 0 Å². The number of hydrogen-bond donors (Lipinski definition) is 1. The van der Waals surface area contributed by atoms with Crippen LogP contribution in [0.3, 0.4) is 0 Å². The highest BCUT2D eigenvalue weighted by molar-refractivity contribution is 6.35. The molecule has 7 heteroatoms. The van der Waals surface area contributed by atoms with Crippen LogP contribution in [0.15, 0.2) is 24.4 Å². The number of carbonyl (C=O) groups excluding carboxylic acids is 1. The molecule has 1 aliphatic heterocycles. The predicted octanol–water partition coefficient (Wildman–Crippen LogP) is 4.52. The molecular weight excluding hydrogens is 395 g/mol. The molecule has 0 spiro atoms. The molecule has 1 amide bonds. The molecule has 1 aromatic heterocycles. The molecule has 28 heavy (non-hydrogen) atoms. The highest BCUT2D eigenvalue weighted by Gasteiger charge is 2.33. The van der Waals surface area contributed by atoms with Crippen molar-refractivity contribution in [1.82, 2.24) is 20.0 Å². The van der Waals surface area contributed by atoms with Gasteiger partial charge in [0.25, 0.3) is 5.91 Å². The van der Waals surface area contributed by atoms with Crippen molar-refractivity contribution in [2.75, 3.05) is 26.7 Å². The topological polar surface area (TPSA) is 50.2 Å². The van der Waals surface area contributed by atoms with Crippen molar-refractivity contribution in [2.24, 2.45) is 5.92 Å². The highest BCUT2D eigenvalue weighted by atomic mass is 35.5. The van der Waals surface area contributed by atoms with E-state index in [9.17, 15) is 4.79 Å². The maximum atomic E-state index is 12.8. The third-order valence-electron chi connectivity index (χ3n) is 5.83. The number of rotatable bonds is 6. The van der Waals surface area contributed by atoms with E-state index in [0.29, 0.717) is 34.0 Å². The number of likely N-dealkylation sites (tertiary alicyclic amines) is 1. The van der Waals surface area contributed by atoms with Crippen molar-refractivity contribution in [3.05, 3.63) is 45.7 Å². The Bertz CT molecular complexity index is 854. The monoisotopic (exact) mass is 420 g/mol. The van der Waals surface area contributed by atoms with E-state index in [-0.39, 0.29) is 5.91 Å². The van der Waals surface area contributed by atoms with E-state index in [0.717, 1.165) is 43.7 Å². The summed E-state index contributed by atoms with van der Waals surface area (Å²) in [5.41, 5.74) is 2.39. The van der Waals surface area contributed by atoms with E-state index in [1.807, 2.05) is 10.7 Å². The molecule has 2 aliphatic rings. The van der Waals surface area contributed by atoms with Gasteiger partial charge < -0.3 is 10.2 Å². The molecule has 1 aliphatic carbocycles. The number of nitrogens with zero attached hydrogens (tertiary/aromatic N) is 3. The lowest BCUT2D eigenvalue weighted by Gasteiger charge is -2.28. The van der Waals surface area contributed by atoms with Crippen LogP contribution in [0, 0.1) is 5.92 Å². The molecular formula is C21H26Cl2N4O. The Morgan fingerprint density at radius 2 is 1.96 bits per heavy atom. The molecule has 0 bridgehead atoms. The minimum atomic E-state index is -0.0360. The van der Waals surface area contributed by atoms with Crippen LogP contribution in [0.4, 0.5) is 0 Å². The van der Waals surface area contributed by atoms with Gasteiger partial charge in [0, 0.05) is 17.5 Å². The van der Waals surface area contributed by atoms with E-state index < -0.39 is 0 Å². The number of amides is 1. The smallest absolute Gasteiger partial charge is 0.254 e. The van der Waals surface area contributed by atoms with Crippen LogP contribution in [-0.4, -0.2) is 47.3 Å². The second kappa shape index (κ2) is 8.44. The highest BCUT2D eigenvalue weighted by Crippen LogP contribution is 2.43. The lowest BCUT2D eigenvalue weighted by Crippen LogP contribution is -2.32. The Balaban J connectivity index is 1.46. The van der Waals surface area contributed by atoms with Crippen LogP contribution >= 0.6 is 23.2 Å². The van der Waals surface area contributed by atoms with E-state index in [1.54, 1.807) is 18.3 Å². The number of nitrogens with one attached hydrogen (secondary N) is 1. The number of hydrogen-bond acceptors (Lipinski definition) is 3. The number of aromatic nitrogens is 2. The Hall–Kier alpha value is -1.56. The van der Waals surface area contributed by atoms with E-state index in [2.05, 4.69) is 22.4 Å². The zero-order chi connectivity index (χ0) is 19.7. The summed E-state index contributed by atoms with van der Waals surface area (Å²) in [5.74, 6) is 1.03. The van der Waals surface area contributed by atoms with Gasteiger partial charge in [0.15, 0.2) is 0 Å². The summed E-state index contributed by atoms with van der Waals surface area (Å²) in [6, 6.07) is 5.35. The van der Waals surface area contributed by atoms with Gasteiger partial charge in [-0.05, 0) is 76.4 Å². The van der Waals surface area contributed by atoms with Crippen molar-refractivity contribution >= 4 is 29.1 Å². The Labute approximate surface area is 176 Å². The van der Waals surface area contributed by atoms with Crippen LogP contribution in [0.25, 0.3) is 5.69 Å². The summed E-state index contributed by atoms with van der Waals surface area (Å²) in [5, 5.41) is 8.72. The normalized spacial score (nSPS) is 18.4. The maximum absolute atomic E-state index is 12.8. The second-order valence-electron chi connectivity index (χ2n) is 8.02. The summed E-state index contributed by atoms with van der Waals surface area (Å²) in [7, 11) is 2.17. The molecule has 1 N–H and O–H groups in total. The zero-order valence-electron chi connectivity index (χ0n) is 16.1. The van der Waals surface area contributed by atoms with Crippen molar-refractivity contribution in [2.45, 2.75) is 38.0 Å². The molecule has 1 aromatic carbocycles. The Kier molecular flexibility index (Phi) is 5.95. The van der Waals surface area contributed by atoms with Crippen LogP contribution in [-0.2, 0) is 0 Å². The molecule has 5 nitrogen and oxygen atoms in total. The van der Waals surface area contributed by atoms with Crippen molar-refractivity contribution < 1.29 is 4.79 Å². The lowest BCUT2D eigenvalue weighted by molar-refractivity contribution is 0.0948. The molecule has 1 saturated carbocycles. The number of halogens is 2. The van der Waals surface area contributed by atoms with Gasteiger partial charge in [0.05, 0.1) is 28.2 Å². The molecule has 1 saturated heterocycles. The molecule has 0 radical (unpaired) electrons. The molecule has 0 unspecified atom stereocenters. The lowest BCUT2D eigenvalue weighted by atomic mass is 9.94. The largest absolute Gasteiger partial charge is 0.352 e. The maximum Gasteiger partial charge on any atom is 0.254 e. The molecule has 0 atom stereocenters. The van der Waals surface area contributed by atoms with Gasteiger partial charge in [-0.25, -0.2) is 4.68 Å². The second-order valence-corrected chi connectivity index (χ2v) is 8.86. The first-order valence-corrected chi connectivity index (χ1v) is 10.8. The summed E-state index contributed by atoms with van der Waals surface area (Å²) in [6.07, 6.45) is 7.29. The summed E-state index contributed by atoms with van der Waals surface area (Å²) >= 11 is 12.4. The number of piperidine rings is 1. The third kappa shape index (κ3) is 4.37. The van der Waals surface area contributed by atoms with E-state index >= 15 is 0 Å². The first-order valence-electron chi connectivity index (χ1n) is 10.0. The molecule has 4 rings (SSSR count). The SMILES string of the molecule is CN1CCC(CCNC(=O)c2cnn(-c3ccc(Cl)cc3Cl)c2C2CC2)CC1. The fraction of sp³-hybridized carbons (Fsp3) is 0.524.